The smallest absolute Gasteiger partial charge is 0.293 e. The molecule has 0 aliphatic carbocycles. The second-order valence-corrected chi connectivity index (χ2v) is 3.29. The van der Waals surface area contributed by atoms with E-state index in [0.717, 1.165) is 0 Å². The lowest BCUT2D eigenvalue weighted by atomic mass is 10.1. The van der Waals surface area contributed by atoms with E-state index in [2.05, 4.69) is 5.32 Å². The summed E-state index contributed by atoms with van der Waals surface area (Å²) in [5, 5.41) is 12.1. The normalized spacial score (nSPS) is 18.9. The Balaban J connectivity index is 2.61. The van der Waals surface area contributed by atoms with Crippen LogP contribution in [0.1, 0.15) is 10.9 Å². The van der Waals surface area contributed by atoms with Gasteiger partial charge in [0.05, 0.1) is 4.92 Å². The number of hydrogen-bond donors (Lipinski definition) is 1. The largest absolute Gasteiger partial charge is 0.318 e. The molecule has 0 aromatic heterocycles. The molecule has 1 aromatic rings. The average Bonchev–Trinajstić information content (AvgIpc) is 2.43. The molecule has 0 saturated carbocycles. The van der Waals surface area contributed by atoms with Gasteiger partial charge in [-0.1, -0.05) is 12.1 Å². The number of para-hydroxylation sites is 1. The number of amides is 1. The van der Waals surface area contributed by atoms with Crippen LogP contribution in [0.2, 0.25) is 0 Å². The second-order valence-electron chi connectivity index (χ2n) is 2.85. The fourth-order valence-electron chi connectivity index (χ4n) is 1.38. The lowest BCUT2D eigenvalue weighted by Crippen LogP contribution is -2.07. The molecular weight excluding hydrogens is 208 g/mol. The van der Waals surface area contributed by atoms with Crippen LogP contribution in [0, 0.1) is 10.1 Å². The quantitative estimate of drug-likeness (QED) is 0.439. The summed E-state index contributed by atoms with van der Waals surface area (Å²) < 4.78 is 0. The third kappa shape index (κ3) is 1.13. The zero-order valence-corrected chi connectivity index (χ0v) is 7.62. The van der Waals surface area contributed by atoms with Crippen molar-refractivity contribution in [1.82, 2.24) is 0 Å². The molecule has 6 heteroatoms. The first-order valence-electron chi connectivity index (χ1n) is 3.83. The molecule has 1 unspecified atom stereocenters. The molecule has 0 bridgehead atoms. The number of benzene rings is 1. The number of nitrogens with one attached hydrogen (secondary N) is 1. The molecule has 2 rings (SSSR count). The second kappa shape index (κ2) is 2.95. The van der Waals surface area contributed by atoms with E-state index in [-0.39, 0.29) is 11.4 Å². The maximum absolute atomic E-state index is 11.1. The van der Waals surface area contributed by atoms with Gasteiger partial charge in [-0.15, -0.1) is 11.6 Å². The number of nitrogens with zero attached hydrogens (tertiary/aromatic N) is 1. The van der Waals surface area contributed by atoms with Crippen LogP contribution in [0.25, 0.3) is 0 Å². The van der Waals surface area contributed by atoms with Crippen LogP contribution in [-0.4, -0.2) is 10.8 Å². The summed E-state index contributed by atoms with van der Waals surface area (Å²) in [4.78, 5) is 21.2. The van der Waals surface area contributed by atoms with Gasteiger partial charge in [-0.25, -0.2) is 0 Å². The lowest BCUT2D eigenvalue weighted by Gasteiger charge is -1.99. The first-order chi connectivity index (χ1) is 6.61. The molecule has 1 aliphatic rings. The van der Waals surface area contributed by atoms with Crippen LogP contribution in [0.5, 0.6) is 0 Å². The van der Waals surface area contributed by atoms with Crippen molar-refractivity contribution in [2.45, 2.75) is 5.38 Å². The minimum Gasteiger partial charge on any atom is -0.318 e. The van der Waals surface area contributed by atoms with E-state index in [1.54, 1.807) is 6.07 Å². The number of halogens is 1. The first kappa shape index (κ1) is 8.96. The van der Waals surface area contributed by atoms with E-state index in [4.69, 9.17) is 11.6 Å². The first-order valence-corrected chi connectivity index (χ1v) is 4.27. The Morgan fingerprint density at radius 2 is 2.21 bits per heavy atom. The lowest BCUT2D eigenvalue weighted by molar-refractivity contribution is -0.383. The summed E-state index contributed by atoms with van der Waals surface area (Å²) in [5.41, 5.74) is 0.548. The van der Waals surface area contributed by atoms with Crippen molar-refractivity contribution in [2.24, 2.45) is 0 Å². The van der Waals surface area contributed by atoms with Crippen LogP contribution in [0.15, 0.2) is 18.2 Å². The average molecular weight is 213 g/mol. The highest BCUT2D eigenvalue weighted by atomic mass is 35.5. The molecular formula is C8H5ClN2O3. The maximum Gasteiger partial charge on any atom is 0.293 e. The molecule has 1 atom stereocenters. The Labute approximate surface area is 83.8 Å². The highest BCUT2D eigenvalue weighted by Crippen LogP contribution is 2.40. The van der Waals surface area contributed by atoms with Gasteiger partial charge in [0.25, 0.3) is 5.69 Å². The zero-order valence-electron chi connectivity index (χ0n) is 6.86. The van der Waals surface area contributed by atoms with Crippen molar-refractivity contribution in [3.8, 4) is 0 Å². The Morgan fingerprint density at radius 3 is 2.86 bits per heavy atom. The van der Waals surface area contributed by atoms with Crippen molar-refractivity contribution < 1.29 is 9.72 Å². The summed E-state index contributed by atoms with van der Waals surface area (Å²) in [5.74, 6) is -0.420. The Kier molecular flexibility index (Phi) is 1.89. The number of alkyl halides is 1. The summed E-state index contributed by atoms with van der Waals surface area (Å²) in [7, 11) is 0. The van der Waals surface area contributed by atoms with Crippen molar-refractivity contribution in [1.29, 1.82) is 0 Å². The van der Waals surface area contributed by atoms with Gasteiger partial charge in [-0.05, 0) is 0 Å². The fourth-order valence-corrected chi connectivity index (χ4v) is 1.62. The van der Waals surface area contributed by atoms with Gasteiger partial charge in [0, 0.05) is 11.6 Å². The Bertz CT molecular complexity index is 433. The molecule has 0 radical (unpaired) electrons. The third-order valence-electron chi connectivity index (χ3n) is 2.02. The van der Waals surface area contributed by atoms with E-state index < -0.39 is 16.2 Å². The highest BCUT2D eigenvalue weighted by Gasteiger charge is 2.33. The number of rotatable bonds is 1. The third-order valence-corrected chi connectivity index (χ3v) is 2.46. The minimum atomic E-state index is -0.829. The number of carbonyl (C=O) groups excluding carboxylic acids is 1. The number of hydrogen-bond acceptors (Lipinski definition) is 3. The number of nitro benzene ring substituents is 1. The molecule has 1 aromatic carbocycles. The van der Waals surface area contributed by atoms with Crippen LogP contribution in [0.3, 0.4) is 0 Å². The minimum absolute atomic E-state index is 0.126. The van der Waals surface area contributed by atoms with E-state index in [9.17, 15) is 14.9 Å². The molecule has 72 valence electrons. The van der Waals surface area contributed by atoms with Gasteiger partial charge >= 0.3 is 0 Å². The fraction of sp³-hybridized carbons (Fsp3) is 0.125. The Hall–Kier alpha value is -1.62. The van der Waals surface area contributed by atoms with Gasteiger partial charge in [0.1, 0.15) is 11.1 Å². The molecule has 1 aliphatic heterocycles. The molecule has 5 nitrogen and oxygen atoms in total. The van der Waals surface area contributed by atoms with Gasteiger partial charge in [0.15, 0.2) is 0 Å². The summed E-state index contributed by atoms with van der Waals surface area (Å²) in [6.07, 6.45) is 0. The van der Waals surface area contributed by atoms with E-state index in [0.29, 0.717) is 5.56 Å². The predicted molar refractivity (Wildman–Crippen MR) is 50.3 cm³/mol. The SMILES string of the molecule is O=C1Nc2c(cccc2[N+](=O)[O-])C1Cl. The summed E-state index contributed by atoms with van der Waals surface area (Å²) in [6.45, 7) is 0. The van der Waals surface area contributed by atoms with E-state index in [1.807, 2.05) is 0 Å². The van der Waals surface area contributed by atoms with Crippen molar-refractivity contribution in [3.05, 3.63) is 33.9 Å². The molecule has 0 spiro atoms. The maximum atomic E-state index is 11.1. The number of anilines is 1. The van der Waals surface area contributed by atoms with E-state index in [1.165, 1.54) is 12.1 Å². The summed E-state index contributed by atoms with van der Waals surface area (Å²) >= 11 is 5.74. The van der Waals surface area contributed by atoms with Gasteiger partial charge in [-0.3, -0.25) is 14.9 Å². The van der Waals surface area contributed by atoms with Gasteiger partial charge in [0.2, 0.25) is 5.91 Å². The highest BCUT2D eigenvalue weighted by molar-refractivity contribution is 6.35. The summed E-state index contributed by atoms with van der Waals surface area (Å²) in [6, 6.07) is 4.43. The monoisotopic (exact) mass is 212 g/mol. The topological polar surface area (TPSA) is 72.2 Å². The van der Waals surface area contributed by atoms with Gasteiger partial charge in [-0.2, -0.15) is 0 Å². The van der Waals surface area contributed by atoms with Crippen LogP contribution >= 0.6 is 11.6 Å². The van der Waals surface area contributed by atoms with Crippen molar-refractivity contribution in [2.75, 3.05) is 5.32 Å². The standard InChI is InChI=1S/C8H5ClN2O3/c9-6-4-2-1-3-5(11(13)14)7(4)10-8(6)12/h1-3,6H,(H,10,12). The molecule has 14 heavy (non-hydrogen) atoms. The predicted octanol–water partition coefficient (Wildman–Crippen LogP) is 1.83. The van der Waals surface area contributed by atoms with Gasteiger partial charge < -0.3 is 5.32 Å². The zero-order chi connectivity index (χ0) is 10.3. The van der Waals surface area contributed by atoms with Crippen LogP contribution in [0.4, 0.5) is 11.4 Å². The van der Waals surface area contributed by atoms with E-state index >= 15 is 0 Å². The van der Waals surface area contributed by atoms with Crippen molar-refractivity contribution in [3.63, 3.8) is 0 Å². The number of fused-ring (bicyclic) bond motifs is 1. The molecule has 1 heterocycles. The Morgan fingerprint density at radius 1 is 1.50 bits per heavy atom. The van der Waals surface area contributed by atoms with Crippen LogP contribution in [-0.2, 0) is 4.79 Å². The molecule has 1 amide bonds. The number of carbonyl (C=O) groups is 1. The molecule has 0 saturated heterocycles. The number of nitro groups is 1. The molecule has 1 N–H and O–H groups in total. The van der Waals surface area contributed by atoms with Crippen LogP contribution < -0.4 is 5.32 Å². The van der Waals surface area contributed by atoms with Crippen molar-refractivity contribution >= 4 is 28.9 Å². The molecule has 0 fully saturated rings.